The summed E-state index contributed by atoms with van der Waals surface area (Å²) in [4.78, 5) is 0. The number of hydrogen-bond acceptors (Lipinski definition) is 6. The molecule has 5 nitrogen and oxygen atoms in total. The molecule has 0 aliphatic heterocycles. The van der Waals surface area contributed by atoms with Gasteiger partial charge in [-0.2, -0.15) is 12.6 Å². The lowest BCUT2D eigenvalue weighted by atomic mass is 10.0. The van der Waals surface area contributed by atoms with Crippen LogP contribution in [0, 0.1) is 0 Å². The van der Waals surface area contributed by atoms with Crippen molar-refractivity contribution < 1.29 is 25.5 Å². The van der Waals surface area contributed by atoms with Crippen LogP contribution in [0.3, 0.4) is 0 Å². The number of rotatable bonds is 5. The third kappa shape index (κ3) is 3.26. The highest BCUT2D eigenvalue weighted by atomic mass is 32.1. The predicted molar refractivity (Wildman–Crippen MR) is 45.0 cm³/mol. The number of hydrogen-bond donors (Lipinski definition) is 6. The number of aliphatic hydroxyl groups is 5. The quantitative estimate of drug-likeness (QED) is 0.271. The summed E-state index contributed by atoms with van der Waals surface area (Å²) in [6.45, 7) is -0.669. The molecule has 0 amide bonds. The topological polar surface area (TPSA) is 101 Å². The first-order chi connectivity index (χ1) is 5.54. The van der Waals surface area contributed by atoms with Crippen LogP contribution in [0.25, 0.3) is 0 Å². The molecule has 0 aromatic rings. The fraction of sp³-hybridized carbons (Fsp3) is 1.00. The average molecular weight is 198 g/mol. The molecule has 0 radical (unpaired) electrons. The Labute approximate surface area is 75.7 Å². The van der Waals surface area contributed by atoms with E-state index in [0.717, 1.165) is 0 Å². The standard InChI is InChI=1S/C6H14O5S/c7-1-3(8)5(10)6(11)4(9)2-12/h3-12H,1-2H2/t3-,4-,5-,6+/m1/s1. The van der Waals surface area contributed by atoms with Gasteiger partial charge in [0.05, 0.1) is 12.7 Å². The molecule has 12 heavy (non-hydrogen) atoms. The maximum absolute atomic E-state index is 9.07. The van der Waals surface area contributed by atoms with Crippen molar-refractivity contribution in [1.29, 1.82) is 0 Å². The molecule has 6 heteroatoms. The maximum atomic E-state index is 9.07. The van der Waals surface area contributed by atoms with Crippen molar-refractivity contribution in [3.8, 4) is 0 Å². The lowest BCUT2D eigenvalue weighted by Gasteiger charge is -2.24. The summed E-state index contributed by atoms with van der Waals surface area (Å²) < 4.78 is 0. The van der Waals surface area contributed by atoms with E-state index < -0.39 is 31.0 Å². The molecular weight excluding hydrogens is 184 g/mol. The van der Waals surface area contributed by atoms with Crippen molar-refractivity contribution in [1.82, 2.24) is 0 Å². The summed E-state index contributed by atoms with van der Waals surface area (Å²) in [6.07, 6.45) is -5.72. The van der Waals surface area contributed by atoms with E-state index in [1.165, 1.54) is 0 Å². The molecule has 0 unspecified atom stereocenters. The Morgan fingerprint density at radius 1 is 0.917 bits per heavy atom. The molecule has 0 saturated heterocycles. The minimum absolute atomic E-state index is 0.0314. The Kier molecular flexibility index (Phi) is 5.81. The highest BCUT2D eigenvalue weighted by molar-refractivity contribution is 7.80. The zero-order valence-electron chi connectivity index (χ0n) is 6.41. The van der Waals surface area contributed by atoms with Crippen molar-refractivity contribution in [3.63, 3.8) is 0 Å². The molecule has 0 fully saturated rings. The van der Waals surface area contributed by atoms with E-state index in [4.69, 9.17) is 25.5 Å². The first-order valence-corrected chi connectivity index (χ1v) is 4.11. The number of aliphatic hydroxyl groups excluding tert-OH is 5. The van der Waals surface area contributed by atoms with Gasteiger partial charge in [0.2, 0.25) is 0 Å². The predicted octanol–water partition coefficient (Wildman–Crippen LogP) is -2.65. The Morgan fingerprint density at radius 2 is 1.33 bits per heavy atom. The lowest BCUT2D eigenvalue weighted by molar-refractivity contribution is -0.109. The first kappa shape index (κ1) is 12.2. The first-order valence-electron chi connectivity index (χ1n) is 3.48. The fourth-order valence-corrected chi connectivity index (χ4v) is 0.887. The zero-order valence-corrected chi connectivity index (χ0v) is 7.30. The van der Waals surface area contributed by atoms with Crippen LogP contribution in [0.15, 0.2) is 0 Å². The van der Waals surface area contributed by atoms with Gasteiger partial charge in [-0.1, -0.05) is 0 Å². The van der Waals surface area contributed by atoms with Crippen LogP contribution in [-0.2, 0) is 0 Å². The molecule has 0 spiro atoms. The van der Waals surface area contributed by atoms with Crippen LogP contribution in [0.1, 0.15) is 0 Å². The van der Waals surface area contributed by atoms with Gasteiger partial charge in [-0.25, -0.2) is 0 Å². The van der Waals surface area contributed by atoms with Crippen LogP contribution in [0.4, 0.5) is 0 Å². The molecule has 0 rings (SSSR count). The molecule has 0 aliphatic carbocycles. The molecule has 74 valence electrons. The Morgan fingerprint density at radius 3 is 1.67 bits per heavy atom. The molecule has 5 N–H and O–H groups in total. The smallest absolute Gasteiger partial charge is 0.111 e. The maximum Gasteiger partial charge on any atom is 0.111 e. The Hall–Kier alpha value is 0.150. The van der Waals surface area contributed by atoms with Crippen LogP contribution in [0.2, 0.25) is 0 Å². The second-order valence-electron chi connectivity index (χ2n) is 2.48. The summed E-state index contributed by atoms with van der Waals surface area (Å²) in [5.74, 6) is -0.0314. The van der Waals surface area contributed by atoms with Crippen LogP contribution in [-0.4, -0.2) is 62.3 Å². The van der Waals surface area contributed by atoms with Crippen molar-refractivity contribution in [2.24, 2.45) is 0 Å². The monoisotopic (exact) mass is 198 g/mol. The third-order valence-corrected chi connectivity index (χ3v) is 1.89. The summed E-state index contributed by atoms with van der Waals surface area (Å²) >= 11 is 3.68. The molecule has 0 aromatic carbocycles. The lowest BCUT2D eigenvalue weighted by Crippen LogP contribution is -2.46. The zero-order chi connectivity index (χ0) is 9.72. The van der Waals surface area contributed by atoms with E-state index in [0.29, 0.717) is 0 Å². The van der Waals surface area contributed by atoms with Gasteiger partial charge in [0.1, 0.15) is 18.3 Å². The van der Waals surface area contributed by atoms with Crippen LogP contribution < -0.4 is 0 Å². The molecule has 0 aromatic heterocycles. The summed E-state index contributed by atoms with van der Waals surface area (Å²) in [5, 5.41) is 44.3. The molecule has 0 aliphatic rings. The average Bonchev–Trinajstić information content (AvgIpc) is 2.12. The van der Waals surface area contributed by atoms with Gasteiger partial charge in [0, 0.05) is 5.75 Å². The Balaban J connectivity index is 3.99. The van der Waals surface area contributed by atoms with Gasteiger partial charge in [0.25, 0.3) is 0 Å². The number of thiol groups is 1. The van der Waals surface area contributed by atoms with Gasteiger partial charge in [-0.15, -0.1) is 0 Å². The van der Waals surface area contributed by atoms with E-state index >= 15 is 0 Å². The SMILES string of the molecule is OC[C@@H](O)[C@@H](O)[C@@H](O)[C@H](O)CS. The third-order valence-electron chi connectivity index (χ3n) is 1.51. The van der Waals surface area contributed by atoms with Gasteiger partial charge in [-0.05, 0) is 0 Å². The van der Waals surface area contributed by atoms with E-state index in [-0.39, 0.29) is 5.75 Å². The van der Waals surface area contributed by atoms with E-state index in [1.807, 2.05) is 0 Å². The van der Waals surface area contributed by atoms with Gasteiger partial charge >= 0.3 is 0 Å². The van der Waals surface area contributed by atoms with Gasteiger partial charge in [-0.3, -0.25) is 0 Å². The second-order valence-corrected chi connectivity index (χ2v) is 2.85. The second kappa shape index (κ2) is 5.74. The minimum Gasteiger partial charge on any atom is -0.394 e. The fourth-order valence-electron chi connectivity index (χ4n) is 0.671. The Bertz CT molecular complexity index is 109. The van der Waals surface area contributed by atoms with Crippen molar-refractivity contribution in [2.75, 3.05) is 12.4 Å². The summed E-state index contributed by atoms with van der Waals surface area (Å²) in [6, 6.07) is 0. The van der Waals surface area contributed by atoms with Gasteiger partial charge in [0.15, 0.2) is 0 Å². The minimum atomic E-state index is -1.56. The van der Waals surface area contributed by atoms with E-state index in [1.54, 1.807) is 0 Å². The summed E-state index contributed by atoms with van der Waals surface area (Å²) in [5.41, 5.74) is 0. The van der Waals surface area contributed by atoms with E-state index in [9.17, 15) is 0 Å². The van der Waals surface area contributed by atoms with Crippen molar-refractivity contribution >= 4 is 12.6 Å². The molecule has 0 saturated carbocycles. The molecule has 0 heterocycles. The van der Waals surface area contributed by atoms with Crippen LogP contribution >= 0.6 is 12.6 Å². The van der Waals surface area contributed by atoms with Crippen molar-refractivity contribution in [2.45, 2.75) is 24.4 Å². The van der Waals surface area contributed by atoms with E-state index in [2.05, 4.69) is 12.6 Å². The molecular formula is C6H14O5S. The van der Waals surface area contributed by atoms with Crippen molar-refractivity contribution in [3.05, 3.63) is 0 Å². The van der Waals surface area contributed by atoms with Crippen LogP contribution in [0.5, 0.6) is 0 Å². The largest absolute Gasteiger partial charge is 0.394 e. The highest BCUT2D eigenvalue weighted by Gasteiger charge is 2.28. The molecule has 0 bridgehead atoms. The molecule has 4 atom stereocenters. The highest BCUT2D eigenvalue weighted by Crippen LogP contribution is 2.05. The normalized spacial score (nSPS) is 21.5. The van der Waals surface area contributed by atoms with Gasteiger partial charge < -0.3 is 25.5 Å². The summed E-state index contributed by atoms with van der Waals surface area (Å²) in [7, 11) is 0.